The van der Waals surface area contributed by atoms with Gasteiger partial charge < -0.3 is 5.32 Å². The molecule has 1 N–H and O–H groups in total. The normalized spacial score (nSPS) is 11.3. The standard InChI is InChI=1S/C18H16N2O2/c1-12-8-13(2)10-14(9-12)17(21)16(11-19)18(22)20-15-6-4-3-5-7-15/h3-10,16H,1-2H3,(H,20,22). The molecule has 0 saturated carbocycles. The molecule has 0 aromatic heterocycles. The van der Waals surface area contributed by atoms with Crippen molar-refractivity contribution in [2.75, 3.05) is 5.32 Å². The summed E-state index contributed by atoms with van der Waals surface area (Å²) in [7, 11) is 0. The molecule has 0 aliphatic heterocycles. The van der Waals surface area contributed by atoms with Gasteiger partial charge in [0.15, 0.2) is 11.7 Å². The molecule has 1 atom stereocenters. The van der Waals surface area contributed by atoms with Gasteiger partial charge in [0.2, 0.25) is 5.91 Å². The van der Waals surface area contributed by atoms with Gasteiger partial charge in [0, 0.05) is 11.3 Å². The number of amides is 1. The van der Waals surface area contributed by atoms with E-state index in [1.807, 2.05) is 26.0 Å². The number of anilines is 1. The van der Waals surface area contributed by atoms with Crippen molar-refractivity contribution in [2.24, 2.45) is 5.92 Å². The Hall–Kier alpha value is -2.93. The minimum Gasteiger partial charge on any atom is -0.325 e. The summed E-state index contributed by atoms with van der Waals surface area (Å²) < 4.78 is 0. The predicted molar refractivity (Wildman–Crippen MR) is 84.4 cm³/mol. The molecule has 0 bridgehead atoms. The molecule has 0 spiro atoms. The van der Waals surface area contributed by atoms with Gasteiger partial charge in [-0.25, -0.2) is 0 Å². The Balaban J connectivity index is 2.22. The van der Waals surface area contributed by atoms with E-state index in [9.17, 15) is 14.9 Å². The van der Waals surface area contributed by atoms with Gasteiger partial charge in [0.05, 0.1) is 6.07 Å². The summed E-state index contributed by atoms with van der Waals surface area (Å²) in [6.45, 7) is 3.74. The molecule has 110 valence electrons. The summed E-state index contributed by atoms with van der Waals surface area (Å²) in [5.41, 5.74) is 2.78. The Kier molecular flexibility index (Phi) is 4.70. The number of rotatable bonds is 4. The van der Waals surface area contributed by atoms with E-state index in [0.29, 0.717) is 11.3 Å². The molecule has 22 heavy (non-hydrogen) atoms. The molecule has 0 fully saturated rings. The highest BCUT2D eigenvalue weighted by Gasteiger charge is 2.27. The quantitative estimate of drug-likeness (QED) is 0.694. The van der Waals surface area contributed by atoms with Crippen LogP contribution < -0.4 is 5.32 Å². The van der Waals surface area contributed by atoms with E-state index < -0.39 is 17.6 Å². The average molecular weight is 292 g/mol. The number of aryl methyl sites for hydroxylation is 2. The van der Waals surface area contributed by atoms with Crippen LogP contribution in [-0.2, 0) is 4.79 Å². The second-order valence-electron chi connectivity index (χ2n) is 5.16. The van der Waals surface area contributed by atoms with Crippen LogP contribution in [0, 0.1) is 31.1 Å². The van der Waals surface area contributed by atoms with Crippen LogP contribution >= 0.6 is 0 Å². The van der Waals surface area contributed by atoms with E-state index in [-0.39, 0.29) is 0 Å². The predicted octanol–water partition coefficient (Wildman–Crippen LogP) is 3.26. The van der Waals surface area contributed by atoms with Crippen LogP contribution in [0.4, 0.5) is 5.69 Å². The lowest BCUT2D eigenvalue weighted by atomic mass is 9.95. The molecule has 2 aromatic carbocycles. The first-order valence-corrected chi connectivity index (χ1v) is 6.89. The Morgan fingerprint density at radius 2 is 1.64 bits per heavy atom. The van der Waals surface area contributed by atoms with E-state index >= 15 is 0 Å². The molecule has 0 saturated heterocycles. The van der Waals surface area contributed by atoms with E-state index in [4.69, 9.17) is 0 Å². The topological polar surface area (TPSA) is 70.0 Å². The highest BCUT2D eigenvalue weighted by molar-refractivity contribution is 6.15. The van der Waals surface area contributed by atoms with Crippen LogP contribution in [-0.4, -0.2) is 11.7 Å². The van der Waals surface area contributed by atoms with Crippen LogP contribution in [0.1, 0.15) is 21.5 Å². The molecule has 0 heterocycles. The smallest absolute Gasteiger partial charge is 0.249 e. The lowest BCUT2D eigenvalue weighted by Crippen LogP contribution is -2.28. The van der Waals surface area contributed by atoms with Crippen molar-refractivity contribution in [3.05, 3.63) is 65.2 Å². The number of nitrogens with zero attached hydrogens (tertiary/aromatic N) is 1. The molecule has 0 radical (unpaired) electrons. The molecular weight excluding hydrogens is 276 g/mol. The van der Waals surface area contributed by atoms with Gasteiger partial charge in [0.25, 0.3) is 0 Å². The third-order valence-electron chi connectivity index (χ3n) is 3.20. The molecule has 2 aromatic rings. The van der Waals surface area contributed by atoms with Gasteiger partial charge in [0.1, 0.15) is 0 Å². The van der Waals surface area contributed by atoms with Gasteiger partial charge in [-0.2, -0.15) is 5.26 Å². The summed E-state index contributed by atoms with van der Waals surface area (Å²) in [4.78, 5) is 24.6. The number of nitrogens with one attached hydrogen (secondary N) is 1. The van der Waals surface area contributed by atoms with Gasteiger partial charge in [-0.15, -0.1) is 0 Å². The number of ketones is 1. The number of nitriles is 1. The van der Waals surface area contributed by atoms with Crippen molar-refractivity contribution >= 4 is 17.4 Å². The molecule has 2 rings (SSSR count). The van der Waals surface area contributed by atoms with Crippen LogP contribution in [0.2, 0.25) is 0 Å². The number of para-hydroxylation sites is 1. The van der Waals surface area contributed by atoms with Gasteiger partial charge in [-0.3, -0.25) is 9.59 Å². The van der Waals surface area contributed by atoms with E-state index in [2.05, 4.69) is 5.32 Å². The summed E-state index contributed by atoms with van der Waals surface area (Å²) in [6, 6.07) is 15.9. The molecule has 4 nitrogen and oxygen atoms in total. The first kappa shape index (κ1) is 15.5. The zero-order valence-electron chi connectivity index (χ0n) is 12.5. The fourth-order valence-corrected chi connectivity index (χ4v) is 2.26. The number of carbonyl (C=O) groups is 2. The zero-order chi connectivity index (χ0) is 16.1. The molecule has 0 aliphatic rings. The third kappa shape index (κ3) is 3.58. The maximum atomic E-state index is 12.4. The summed E-state index contributed by atoms with van der Waals surface area (Å²) in [5.74, 6) is -2.46. The lowest BCUT2D eigenvalue weighted by molar-refractivity contribution is -0.117. The Labute approximate surface area is 129 Å². The number of hydrogen-bond acceptors (Lipinski definition) is 3. The fraction of sp³-hybridized carbons (Fsp3) is 0.167. The number of benzene rings is 2. The third-order valence-corrected chi connectivity index (χ3v) is 3.20. The van der Waals surface area contributed by atoms with Crippen LogP contribution in [0.15, 0.2) is 48.5 Å². The van der Waals surface area contributed by atoms with Gasteiger partial charge in [-0.05, 0) is 38.1 Å². The van der Waals surface area contributed by atoms with E-state index in [1.54, 1.807) is 42.5 Å². The van der Waals surface area contributed by atoms with E-state index in [1.165, 1.54) is 0 Å². The monoisotopic (exact) mass is 292 g/mol. The van der Waals surface area contributed by atoms with Crippen LogP contribution in [0.5, 0.6) is 0 Å². The van der Waals surface area contributed by atoms with Crippen molar-refractivity contribution < 1.29 is 9.59 Å². The molecule has 0 aliphatic carbocycles. The number of carbonyl (C=O) groups excluding carboxylic acids is 2. The Morgan fingerprint density at radius 1 is 1.05 bits per heavy atom. The summed E-state index contributed by atoms with van der Waals surface area (Å²) in [6.07, 6.45) is 0. The second-order valence-corrected chi connectivity index (χ2v) is 5.16. The minimum absolute atomic E-state index is 0.382. The first-order valence-electron chi connectivity index (χ1n) is 6.89. The number of hydrogen-bond donors (Lipinski definition) is 1. The Morgan fingerprint density at radius 3 is 2.18 bits per heavy atom. The molecule has 4 heteroatoms. The molecule has 1 amide bonds. The fourth-order valence-electron chi connectivity index (χ4n) is 2.26. The average Bonchev–Trinajstić information content (AvgIpc) is 2.47. The largest absolute Gasteiger partial charge is 0.325 e. The summed E-state index contributed by atoms with van der Waals surface area (Å²) >= 11 is 0. The second kappa shape index (κ2) is 6.68. The molecular formula is C18H16N2O2. The minimum atomic E-state index is -1.36. The zero-order valence-corrected chi connectivity index (χ0v) is 12.5. The van der Waals surface area contributed by atoms with Crippen LogP contribution in [0.25, 0.3) is 0 Å². The van der Waals surface area contributed by atoms with Crippen molar-refractivity contribution in [1.29, 1.82) is 5.26 Å². The first-order chi connectivity index (χ1) is 10.5. The van der Waals surface area contributed by atoms with Gasteiger partial charge >= 0.3 is 0 Å². The van der Waals surface area contributed by atoms with Crippen molar-refractivity contribution in [2.45, 2.75) is 13.8 Å². The van der Waals surface area contributed by atoms with Crippen molar-refractivity contribution in [1.82, 2.24) is 0 Å². The van der Waals surface area contributed by atoms with E-state index in [0.717, 1.165) is 11.1 Å². The maximum Gasteiger partial charge on any atom is 0.249 e. The highest BCUT2D eigenvalue weighted by atomic mass is 16.2. The van der Waals surface area contributed by atoms with Crippen LogP contribution in [0.3, 0.4) is 0 Å². The molecule has 1 unspecified atom stereocenters. The van der Waals surface area contributed by atoms with Crippen molar-refractivity contribution in [3.63, 3.8) is 0 Å². The highest BCUT2D eigenvalue weighted by Crippen LogP contribution is 2.15. The van der Waals surface area contributed by atoms with Crippen molar-refractivity contribution in [3.8, 4) is 6.07 Å². The number of Topliss-reactive ketones (excluding diaryl/α,β-unsaturated/α-hetero) is 1. The Bertz CT molecular complexity index is 725. The summed E-state index contributed by atoms with van der Waals surface area (Å²) in [5, 5.41) is 11.8. The lowest BCUT2D eigenvalue weighted by Gasteiger charge is -2.10. The SMILES string of the molecule is Cc1cc(C)cc(C(=O)C(C#N)C(=O)Nc2ccccc2)c1. The van der Waals surface area contributed by atoms with Gasteiger partial charge in [-0.1, -0.05) is 35.4 Å². The maximum absolute atomic E-state index is 12.4.